The first-order valence-electron chi connectivity index (χ1n) is 6.75. The Morgan fingerprint density at radius 2 is 2.11 bits per heavy atom. The van der Waals surface area contributed by atoms with Gasteiger partial charge in [-0.05, 0) is 31.5 Å². The molecule has 19 heavy (non-hydrogen) atoms. The Kier molecular flexibility index (Phi) is 6.53. The minimum absolute atomic E-state index is 0.0375. The van der Waals surface area contributed by atoms with E-state index >= 15 is 0 Å². The maximum atomic E-state index is 12.2. The first kappa shape index (κ1) is 15.7. The summed E-state index contributed by atoms with van der Waals surface area (Å²) in [5.74, 6) is -0.0892. The third-order valence-electron chi connectivity index (χ3n) is 3.41. The van der Waals surface area contributed by atoms with Gasteiger partial charge in [0, 0.05) is 32.0 Å². The fourth-order valence-corrected chi connectivity index (χ4v) is 1.97. The Balaban J connectivity index is 2.68. The van der Waals surface area contributed by atoms with Crippen molar-refractivity contribution < 1.29 is 9.90 Å². The summed E-state index contributed by atoms with van der Waals surface area (Å²) >= 11 is 0. The Morgan fingerprint density at radius 1 is 1.42 bits per heavy atom. The molecule has 4 nitrogen and oxygen atoms in total. The molecule has 1 amide bonds. The first-order valence-corrected chi connectivity index (χ1v) is 6.75. The number of hydrogen-bond acceptors (Lipinski definition) is 3. The molecule has 0 bridgehead atoms. The SMILES string of the molecule is CCN(Cc1ccccc1C)C(=O)CC(CN)CO. The molecule has 3 N–H and O–H groups in total. The summed E-state index contributed by atoms with van der Waals surface area (Å²) in [4.78, 5) is 14.0. The van der Waals surface area contributed by atoms with Crippen LogP contribution in [0.2, 0.25) is 0 Å². The Labute approximate surface area is 115 Å². The third-order valence-corrected chi connectivity index (χ3v) is 3.41. The van der Waals surface area contributed by atoms with Gasteiger partial charge in [-0.1, -0.05) is 24.3 Å². The third kappa shape index (κ3) is 4.65. The molecule has 4 heteroatoms. The fraction of sp³-hybridized carbons (Fsp3) is 0.533. The minimum atomic E-state index is -0.140. The number of aliphatic hydroxyl groups is 1. The fourth-order valence-electron chi connectivity index (χ4n) is 1.97. The van der Waals surface area contributed by atoms with Crippen molar-refractivity contribution in [2.24, 2.45) is 11.7 Å². The highest BCUT2D eigenvalue weighted by atomic mass is 16.3. The summed E-state index contributed by atoms with van der Waals surface area (Å²) in [7, 11) is 0. The summed E-state index contributed by atoms with van der Waals surface area (Å²) in [6.07, 6.45) is 0.312. The minimum Gasteiger partial charge on any atom is -0.396 e. The van der Waals surface area contributed by atoms with Crippen LogP contribution in [0.5, 0.6) is 0 Å². The molecule has 0 radical (unpaired) electrons. The van der Waals surface area contributed by atoms with Gasteiger partial charge in [0.15, 0.2) is 0 Å². The predicted octanol–water partition coefficient (Wildman–Crippen LogP) is 1.30. The number of hydrogen-bond donors (Lipinski definition) is 2. The molecule has 0 fully saturated rings. The molecule has 0 heterocycles. The second-order valence-corrected chi connectivity index (χ2v) is 4.82. The topological polar surface area (TPSA) is 66.6 Å². The van der Waals surface area contributed by atoms with E-state index in [0.717, 1.165) is 5.56 Å². The zero-order valence-electron chi connectivity index (χ0n) is 11.8. The van der Waals surface area contributed by atoms with E-state index in [-0.39, 0.29) is 18.4 Å². The van der Waals surface area contributed by atoms with E-state index in [1.807, 2.05) is 38.1 Å². The molecule has 1 aromatic carbocycles. The standard InChI is InChI=1S/C15H24N2O2/c1-3-17(15(19)8-13(9-16)11-18)10-14-7-5-4-6-12(14)2/h4-7,13,18H,3,8-11,16H2,1-2H3. The number of aliphatic hydroxyl groups excluding tert-OH is 1. The van der Waals surface area contributed by atoms with E-state index in [2.05, 4.69) is 0 Å². The molecule has 0 saturated heterocycles. The van der Waals surface area contributed by atoms with Crippen molar-refractivity contribution in [3.63, 3.8) is 0 Å². The van der Waals surface area contributed by atoms with Crippen molar-refractivity contribution in [3.05, 3.63) is 35.4 Å². The molecular weight excluding hydrogens is 240 g/mol. The average molecular weight is 264 g/mol. The van der Waals surface area contributed by atoms with Crippen LogP contribution in [0, 0.1) is 12.8 Å². The van der Waals surface area contributed by atoms with Crippen molar-refractivity contribution in [2.45, 2.75) is 26.8 Å². The van der Waals surface area contributed by atoms with E-state index in [0.29, 0.717) is 26.1 Å². The molecule has 1 aromatic rings. The van der Waals surface area contributed by atoms with Crippen LogP contribution in [0.4, 0.5) is 0 Å². The van der Waals surface area contributed by atoms with Crippen LogP contribution in [0.25, 0.3) is 0 Å². The quantitative estimate of drug-likeness (QED) is 0.780. The van der Waals surface area contributed by atoms with E-state index in [9.17, 15) is 4.79 Å². The highest BCUT2D eigenvalue weighted by Crippen LogP contribution is 2.12. The smallest absolute Gasteiger partial charge is 0.223 e. The van der Waals surface area contributed by atoms with Crippen molar-refractivity contribution in [2.75, 3.05) is 19.7 Å². The van der Waals surface area contributed by atoms with E-state index in [1.165, 1.54) is 5.56 Å². The molecule has 106 valence electrons. The molecular formula is C15H24N2O2. The molecule has 1 rings (SSSR count). The molecule has 1 atom stereocenters. The number of benzene rings is 1. The van der Waals surface area contributed by atoms with E-state index < -0.39 is 0 Å². The Bertz CT molecular complexity index is 403. The van der Waals surface area contributed by atoms with Gasteiger partial charge in [-0.3, -0.25) is 4.79 Å². The van der Waals surface area contributed by atoms with Gasteiger partial charge in [-0.2, -0.15) is 0 Å². The summed E-state index contributed by atoms with van der Waals surface area (Å²) in [6.45, 7) is 5.59. The number of amides is 1. The maximum Gasteiger partial charge on any atom is 0.223 e. The second kappa shape index (κ2) is 7.92. The van der Waals surface area contributed by atoms with Gasteiger partial charge < -0.3 is 15.7 Å². The van der Waals surface area contributed by atoms with Gasteiger partial charge >= 0.3 is 0 Å². The average Bonchev–Trinajstić information content (AvgIpc) is 2.43. The van der Waals surface area contributed by atoms with Crippen molar-refractivity contribution in [1.82, 2.24) is 4.90 Å². The Hall–Kier alpha value is -1.39. The van der Waals surface area contributed by atoms with Gasteiger partial charge in [-0.15, -0.1) is 0 Å². The van der Waals surface area contributed by atoms with Gasteiger partial charge in [-0.25, -0.2) is 0 Å². The molecule has 1 unspecified atom stereocenters. The monoisotopic (exact) mass is 264 g/mol. The van der Waals surface area contributed by atoms with Crippen LogP contribution in [0.3, 0.4) is 0 Å². The zero-order chi connectivity index (χ0) is 14.3. The molecule has 0 aromatic heterocycles. The van der Waals surface area contributed by atoms with Crippen LogP contribution >= 0.6 is 0 Å². The summed E-state index contributed by atoms with van der Waals surface area (Å²) in [5.41, 5.74) is 7.86. The molecule has 0 aliphatic carbocycles. The van der Waals surface area contributed by atoms with Gasteiger partial charge in [0.25, 0.3) is 0 Å². The van der Waals surface area contributed by atoms with Crippen LogP contribution in [0.15, 0.2) is 24.3 Å². The molecule has 0 aliphatic rings. The largest absolute Gasteiger partial charge is 0.396 e. The van der Waals surface area contributed by atoms with Crippen LogP contribution in [-0.2, 0) is 11.3 Å². The summed E-state index contributed by atoms with van der Waals surface area (Å²) < 4.78 is 0. The lowest BCUT2D eigenvalue weighted by molar-refractivity contribution is -0.132. The molecule has 0 saturated carbocycles. The highest BCUT2D eigenvalue weighted by Gasteiger charge is 2.17. The van der Waals surface area contributed by atoms with Crippen molar-refractivity contribution >= 4 is 5.91 Å². The first-order chi connectivity index (χ1) is 9.12. The summed E-state index contributed by atoms with van der Waals surface area (Å²) in [6, 6.07) is 8.06. The molecule has 0 aliphatic heterocycles. The van der Waals surface area contributed by atoms with Crippen LogP contribution in [0.1, 0.15) is 24.5 Å². The van der Waals surface area contributed by atoms with Crippen molar-refractivity contribution in [3.8, 4) is 0 Å². The second-order valence-electron chi connectivity index (χ2n) is 4.82. The number of rotatable bonds is 7. The normalized spacial score (nSPS) is 12.2. The van der Waals surface area contributed by atoms with Crippen LogP contribution in [-0.4, -0.2) is 35.6 Å². The van der Waals surface area contributed by atoms with Crippen LogP contribution < -0.4 is 5.73 Å². The number of nitrogens with two attached hydrogens (primary N) is 1. The summed E-state index contributed by atoms with van der Waals surface area (Å²) in [5, 5.41) is 9.11. The Morgan fingerprint density at radius 3 is 2.63 bits per heavy atom. The highest BCUT2D eigenvalue weighted by molar-refractivity contribution is 5.76. The molecule has 0 spiro atoms. The lowest BCUT2D eigenvalue weighted by Crippen LogP contribution is -2.34. The number of aryl methyl sites for hydroxylation is 1. The lowest BCUT2D eigenvalue weighted by Gasteiger charge is -2.23. The zero-order valence-corrected chi connectivity index (χ0v) is 11.8. The van der Waals surface area contributed by atoms with E-state index in [4.69, 9.17) is 10.8 Å². The number of carbonyl (C=O) groups excluding carboxylic acids is 1. The lowest BCUT2D eigenvalue weighted by atomic mass is 10.0. The van der Waals surface area contributed by atoms with E-state index in [1.54, 1.807) is 4.90 Å². The predicted molar refractivity (Wildman–Crippen MR) is 76.5 cm³/mol. The number of nitrogens with zero attached hydrogens (tertiary/aromatic N) is 1. The van der Waals surface area contributed by atoms with Crippen molar-refractivity contribution in [1.29, 1.82) is 0 Å². The number of carbonyl (C=O) groups is 1. The maximum absolute atomic E-state index is 12.2. The van der Waals surface area contributed by atoms with Gasteiger partial charge in [0.1, 0.15) is 0 Å². The van der Waals surface area contributed by atoms with Gasteiger partial charge in [0.2, 0.25) is 5.91 Å². The van der Waals surface area contributed by atoms with Gasteiger partial charge in [0.05, 0.1) is 0 Å².